The molecule has 0 radical (unpaired) electrons. The van der Waals surface area contributed by atoms with Crippen LogP contribution in [0.4, 0.5) is 8.78 Å². The summed E-state index contributed by atoms with van der Waals surface area (Å²) in [7, 11) is 0. The second-order valence-electron chi connectivity index (χ2n) is 4.71. The number of hydrogen-bond acceptors (Lipinski definition) is 0. The van der Waals surface area contributed by atoms with Crippen molar-refractivity contribution >= 4 is 15.9 Å². The molecule has 2 aromatic rings. The van der Waals surface area contributed by atoms with Crippen LogP contribution < -0.4 is 0 Å². The lowest BCUT2D eigenvalue weighted by molar-refractivity contribution is 0.577. The lowest BCUT2D eigenvalue weighted by atomic mass is 9.92. The summed E-state index contributed by atoms with van der Waals surface area (Å²) in [4.78, 5) is 0. The van der Waals surface area contributed by atoms with Gasteiger partial charge in [-0.05, 0) is 48.6 Å². The van der Waals surface area contributed by atoms with E-state index in [0.29, 0.717) is 17.3 Å². The average Bonchev–Trinajstić information content (AvgIpc) is 2.39. The summed E-state index contributed by atoms with van der Waals surface area (Å²) in [5.41, 5.74) is 2.73. The summed E-state index contributed by atoms with van der Waals surface area (Å²) in [5, 5.41) is 0.715. The summed E-state index contributed by atoms with van der Waals surface area (Å²) < 4.78 is 26.9. The van der Waals surface area contributed by atoms with Crippen LogP contribution in [-0.2, 0) is 6.42 Å². The van der Waals surface area contributed by atoms with Gasteiger partial charge >= 0.3 is 0 Å². The lowest BCUT2D eigenvalue weighted by Gasteiger charge is -2.16. The molecule has 1 atom stereocenters. The highest BCUT2D eigenvalue weighted by molar-refractivity contribution is 9.09. The molecule has 0 saturated heterocycles. The number of rotatable bonds is 4. The van der Waals surface area contributed by atoms with Crippen LogP contribution in [0.3, 0.4) is 0 Å². The summed E-state index contributed by atoms with van der Waals surface area (Å²) >= 11 is 3.46. The molecule has 0 spiro atoms. The van der Waals surface area contributed by atoms with Crippen LogP contribution in [0.5, 0.6) is 0 Å². The van der Waals surface area contributed by atoms with Crippen molar-refractivity contribution in [2.45, 2.75) is 19.3 Å². The smallest absolute Gasteiger partial charge is 0.126 e. The molecule has 0 N–H and O–H groups in total. The van der Waals surface area contributed by atoms with Crippen molar-refractivity contribution in [2.24, 2.45) is 0 Å². The van der Waals surface area contributed by atoms with E-state index in [4.69, 9.17) is 0 Å². The zero-order valence-corrected chi connectivity index (χ0v) is 12.3. The summed E-state index contributed by atoms with van der Waals surface area (Å²) in [6.07, 6.45) is 0.484. The van der Waals surface area contributed by atoms with Gasteiger partial charge in [0.2, 0.25) is 0 Å². The molecule has 0 saturated carbocycles. The molecule has 0 nitrogen and oxygen atoms in total. The van der Waals surface area contributed by atoms with Crippen molar-refractivity contribution in [1.29, 1.82) is 0 Å². The maximum Gasteiger partial charge on any atom is 0.126 e. The topological polar surface area (TPSA) is 0 Å². The van der Waals surface area contributed by atoms with E-state index in [1.165, 1.54) is 17.7 Å². The van der Waals surface area contributed by atoms with E-state index in [2.05, 4.69) is 22.0 Å². The molecule has 0 aliphatic rings. The highest BCUT2D eigenvalue weighted by atomic mass is 79.9. The van der Waals surface area contributed by atoms with Gasteiger partial charge in [0.25, 0.3) is 0 Å². The molecule has 0 aliphatic carbocycles. The Morgan fingerprint density at radius 1 is 1.11 bits per heavy atom. The van der Waals surface area contributed by atoms with Crippen LogP contribution in [-0.4, -0.2) is 5.33 Å². The first-order valence-electron chi connectivity index (χ1n) is 6.16. The monoisotopic (exact) mass is 324 g/mol. The molecule has 0 aromatic heterocycles. The summed E-state index contributed by atoms with van der Waals surface area (Å²) in [5.74, 6) is -0.606. The molecule has 0 fully saturated rings. The number of aryl methyl sites for hydroxylation is 1. The van der Waals surface area contributed by atoms with Crippen LogP contribution in [0.15, 0.2) is 42.5 Å². The van der Waals surface area contributed by atoms with Crippen molar-refractivity contribution in [3.8, 4) is 0 Å². The van der Waals surface area contributed by atoms with Crippen LogP contribution in [0.1, 0.15) is 22.6 Å². The molecule has 0 bridgehead atoms. The molecular formula is C16H15BrF2. The Hall–Kier alpha value is -1.22. The van der Waals surface area contributed by atoms with Crippen LogP contribution in [0.2, 0.25) is 0 Å². The van der Waals surface area contributed by atoms with Crippen LogP contribution in [0.25, 0.3) is 0 Å². The van der Waals surface area contributed by atoms with Gasteiger partial charge in [-0.1, -0.05) is 45.8 Å². The van der Waals surface area contributed by atoms with Crippen molar-refractivity contribution in [1.82, 2.24) is 0 Å². The Labute approximate surface area is 120 Å². The standard InChI is InChI=1S/C16H15BrF2/c1-11-3-2-4-12(7-11)14(10-17)8-13-9-15(18)5-6-16(13)19/h2-7,9,14H,8,10H2,1H3. The third-order valence-corrected chi connectivity index (χ3v) is 3.96. The highest BCUT2D eigenvalue weighted by Gasteiger charge is 2.14. The minimum Gasteiger partial charge on any atom is -0.207 e. The van der Waals surface area contributed by atoms with Gasteiger partial charge in [0.1, 0.15) is 11.6 Å². The fraction of sp³-hybridized carbons (Fsp3) is 0.250. The van der Waals surface area contributed by atoms with E-state index in [1.54, 1.807) is 0 Å². The van der Waals surface area contributed by atoms with Gasteiger partial charge in [-0.25, -0.2) is 8.78 Å². The quantitative estimate of drug-likeness (QED) is 0.695. The number of alkyl halides is 1. The third kappa shape index (κ3) is 3.63. The van der Waals surface area contributed by atoms with E-state index in [9.17, 15) is 8.78 Å². The second-order valence-corrected chi connectivity index (χ2v) is 5.35. The molecule has 1 unspecified atom stereocenters. The predicted octanol–water partition coefficient (Wildman–Crippen LogP) is 4.99. The van der Waals surface area contributed by atoms with Crippen molar-refractivity contribution < 1.29 is 8.78 Å². The van der Waals surface area contributed by atoms with E-state index in [-0.39, 0.29) is 11.7 Å². The van der Waals surface area contributed by atoms with Gasteiger partial charge in [0, 0.05) is 5.33 Å². The number of benzene rings is 2. The van der Waals surface area contributed by atoms with Crippen molar-refractivity contribution in [3.63, 3.8) is 0 Å². The normalized spacial score (nSPS) is 12.4. The molecule has 0 amide bonds. The lowest BCUT2D eigenvalue weighted by Crippen LogP contribution is -2.06. The van der Waals surface area contributed by atoms with Crippen molar-refractivity contribution in [3.05, 3.63) is 70.8 Å². The SMILES string of the molecule is Cc1cccc(C(CBr)Cc2cc(F)ccc2F)c1. The van der Waals surface area contributed by atoms with Crippen LogP contribution in [0, 0.1) is 18.6 Å². The first-order chi connectivity index (χ1) is 9.10. The van der Waals surface area contributed by atoms with E-state index in [1.807, 2.05) is 25.1 Å². The minimum absolute atomic E-state index is 0.135. The highest BCUT2D eigenvalue weighted by Crippen LogP contribution is 2.25. The fourth-order valence-corrected chi connectivity index (χ4v) is 2.75. The Balaban J connectivity index is 2.26. The van der Waals surface area contributed by atoms with Gasteiger partial charge in [-0.3, -0.25) is 0 Å². The molecule has 0 heterocycles. The maximum atomic E-state index is 13.7. The Morgan fingerprint density at radius 3 is 2.58 bits per heavy atom. The van der Waals surface area contributed by atoms with Gasteiger partial charge in [0.05, 0.1) is 0 Å². The maximum absolute atomic E-state index is 13.7. The predicted molar refractivity (Wildman–Crippen MR) is 77.8 cm³/mol. The van der Waals surface area contributed by atoms with Gasteiger partial charge in [-0.2, -0.15) is 0 Å². The fourth-order valence-electron chi connectivity index (χ4n) is 2.15. The second kappa shape index (κ2) is 6.29. The molecule has 0 aliphatic heterocycles. The molecule has 3 heteroatoms. The molecular weight excluding hydrogens is 310 g/mol. The summed E-state index contributed by atoms with van der Waals surface area (Å²) in [6, 6.07) is 11.7. The zero-order valence-electron chi connectivity index (χ0n) is 10.7. The molecule has 19 heavy (non-hydrogen) atoms. The van der Waals surface area contributed by atoms with Gasteiger partial charge < -0.3 is 0 Å². The zero-order chi connectivity index (χ0) is 13.8. The average molecular weight is 325 g/mol. The van der Waals surface area contributed by atoms with Gasteiger partial charge in [-0.15, -0.1) is 0 Å². The van der Waals surface area contributed by atoms with Gasteiger partial charge in [0.15, 0.2) is 0 Å². The van der Waals surface area contributed by atoms with E-state index < -0.39 is 5.82 Å². The van der Waals surface area contributed by atoms with E-state index in [0.717, 1.165) is 11.6 Å². The molecule has 100 valence electrons. The Bertz CT molecular complexity index is 566. The Morgan fingerprint density at radius 2 is 1.89 bits per heavy atom. The van der Waals surface area contributed by atoms with E-state index >= 15 is 0 Å². The largest absolute Gasteiger partial charge is 0.207 e. The van der Waals surface area contributed by atoms with Crippen molar-refractivity contribution in [2.75, 3.05) is 5.33 Å². The summed E-state index contributed by atoms with van der Waals surface area (Å²) in [6.45, 7) is 2.03. The first kappa shape index (κ1) is 14.2. The first-order valence-corrected chi connectivity index (χ1v) is 7.28. The number of halogens is 3. The molecule has 2 aromatic carbocycles. The Kier molecular flexibility index (Phi) is 4.70. The number of hydrogen-bond donors (Lipinski definition) is 0. The minimum atomic E-state index is -0.394. The molecule has 2 rings (SSSR count). The third-order valence-electron chi connectivity index (χ3n) is 3.17. The van der Waals surface area contributed by atoms with Crippen LogP contribution >= 0.6 is 15.9 Å².